The highest BCUT2D eigenvalue weighted by Gasteiger charge is 2.43. The molecule has 1 amide bonds. The van der Waals surface area contributed by atoms with Gasteiger partial charge in [-0.3, -0.25) is 4.68 Å². The van der Waals surface area contributed by atoms with Gasteiger partial charge in [-0.2, -0.15) is 0 Å². The van der Waals surface area contributed by atoms with Crippen molar-refractivity contribution >= 4 is 18.0 Å². The molecule has 14 heteroatoms. The molecule has 1 aromatic heterocycles. The highest BCUT2D eigenvalue weighted by molar-refractivity contribution is 5.85. The number of ether oxygens (including phenoxy) is 2. The van der Waals surface area contributed by atoms with Gasteiger partial charge in [-0.25, -0.2) is 14.6 Å². The molecule has 0 saturated carbocycles. The van der Waals surface area contributed by atoms with E-state index in [1.54, 1.807) is 17.8 Å². The van der Waals surface area contributed by atoms with E-state index in [2.05, 4.69) is 20.6 Å². The van der Waals surface area contributed by atoms with E-state index in [1.165, 1.54) is 6.08 Å². The first-order valence-corrected chi connectivity index (χ1v) is 10.6. The highest BCUT2D eigenvalue weighted by Crippen LogP contribution is 2.30. The molecule has 0 saturated heterocycles. The van der Waals surface area contributed by atoms with Gasteiger partial charge in [0.25, 0.3) is 0 Å². The smallest absolute Gasteiger partial charge is 0.407 e. The summed E-state index contributed by atoms with van der Waals surface area (Å²) in [6.07, 6.45) is -2.22. The minimum atomic E-state index is -1.57. The van der Waals surface area contributed by atoms with Gasteiger partial charge in [-0.15, -0.1) is 5.10 Å². The fourth-order valence-corrected chi connectivity index (χ4v) is 3.39. The summed E-state index contributed by atoms with van der Waals surface area (Å²) in [5.41, 5.74) is 11.3. The topological polar surface area (TPSA) is 220 Å². The van der Waals surface area contributed by atoms with Gasteiger partial charge in [-0.05, 0) is 11.5 Å². The van der Waals surface area contributed by atoms with E-state index in [-0.39, 0.29) is 17.9 Å². The molecule has 0 aromatic carbocycles. The third-order valence-electron chi connectivity index (χ3n) is 4.92. The summed E-state index contributed by atoms with van der Waals surface area (Å²) in [7, 11) is 0. The number of aliphatic hydroxyl groups excluding tert-OH is 2. The molecule has 1 aromatic rings. The average Bonchev–Trinajstić information content (AvgIpc) is 3.16. The number of alkyl carbamates (subject to hydrolysis) is 1. The predicted octanol–water partition coefficient (Wildman–Crippen LogP) is -1.08. The summed E-state index contributed by atoms with van der Waals surface area (Å²) in [5.74, 6) is -2.78. The van der Waals surface area contributed by atoms with Crippen LogP contribution in [-0.2, 0) is 27.4 Å². The second-order valence-electron chi connectivity index (χ2n) is 9.26. The lowest BCUT2D eigenvalue weighted by Gasteiger charge is -2.38. The first kappa shape index (κ1) is 26.9. The molecule has 0 unspecified atom stereocenters. The fraction of sp³-hybridized carbons (Fsp3) is 0.650. The molecule has 2 heterocycles. The van der Waals surface area contributed by atoms with Crippen molar-refractivity contribution in [1.82, 2.24) is 20.3 Å². The first-order chi connectivity index (χ1) is 15.8. The number of carbonyl (C=O) groups excluding carboxylic acids is 1. The van der Waals surface area contributed by atoms with Gasteiger partial charge in [0.15, 0.2) is 12.1 Å². The van der Waals surface area contributed by atoms with Gasteiger partial charge >= 0.3 is 12.1 Å². The highest BCUT2D eigenvalue weighted by atomic mass is 16.6. The number of amides is 1. The van der Waals surface area contributed by atoms with Gasteiger partial charge in [0, 0.05) is 12.5 Å². The molecule has 0 bridgehead atoms. The molecule has 0 aliphatic carbocycles. The summed E-state index contributed by atoms with van der Waals surface area (Å²) in [6, 6.07) is -0.826. The maximum Gasteiger partial charge on any atom is 0.407 e. The number of aliphatic imine (C=N–C) groups is 1. The minimum absolute atomic E-state index is 0.0110. The molecule has 0 radical (unpaired) electrons. The van der Waals surface area contributed by atoms with Gasteiger partial charge in [0.05, 0.1) is 25.4 Å². The molecule has 190 valence electrons. The minimum Gasteiger partial charge on any atom is -0.479 e. The van der Waals surface area contributed by atoms with Crippen LogP contribution >= 0.6 is 0 Å². The number of aliphatic carboxylic acids is 1. The van der Waals surface area contributed by atoms with E-state index in [9.17, 15) is 24.9 Å². The Morgan fingerprint density at radius 2 is 2.06 bits per heavy atom. The van der Waals surface area contributed by atoms with Crippen molar-refractivity contribution < 1.29 is 34.4 Å². The van der Waals surface area contributed by atoms with E-state index in [0.29, 0.717) is 12.2 Å². The number of rotatable bonds is 9. The van der Waals surface area contributed by atoms with Crippen molar-refractivity contribution in [3.8, 4) is 0 Å². The van der Waals surface area contributed by atoms with E-state index in [4.69, 9.17) is 20.9 Å². The number of hydrogen-bond acceptors (Lipinski definition) is 9. The Morgan fingerprint density at radius 3 is 2.62 bits per heavy atom. The van der Waals surface area contributed by atoms with Crippen LogP contribution in [0.2, 0.25) is 0 Å². The monoisotopic (exact) mass is 483 g/mol. The third-order valence-corrected chi connectivity index (χ3v) is 4.92. The van der Waals surface area contributed by atoms with E-state index in [0.717, 1.165) is 0 Å². The van der Waals surface area contributed by atoms with Gasteiger partial charge < -0.3 is 41.6 Å². The summed E-state index contributed by atoms with van der Waals surface area (Å²) in [5, 5.41) is 39.7. The van der Waals surface area contributed by atoms with Crippen LogP contribution in [0, 0.1) is 11.3 Å². The molecule has 0 fully saturated rings. The number of aliphatic hydroxyl groups is 2. The quantitative estimate of drug-likeness (QED) is 0.183. The van der Waals surface area contributed by atoms with Crippen LogP contribution in [-0.4, -0.2) is 79.3 Å². The van der Waals surface area contributed by atoms with Crippen molar-refractivity contribution in [3.05, 3.63) is 23.7 Å². The Labute approximate surface area is 196 Å². The summed E-state index contributed by atoms with van der Waals surface area (Å²) in [6.45, 7) is 7.62. The summed E-state index contributed by atoms with van der Waals surface area (Å²) < 4.78 is 12.5. The number of guanidine groups is 1. The van der Waals surface area contributed by atoms with Gasteiger partial charge in [0.2, 0.25) is 5.76 Å². The lowest BCUT2D eigenvalue weighted by molar-refractivity contribution is -0.147. The van der Waals surface area contributed by atoms with Crippen LogP contribution in [0.5, 0.6) is 0 Å². The summed E-state index contributed by atoms with van der Waals surface area (Å²) in [4.78, 5) is 28.0. The Balaban J connectivity index is 2.13. The third kappa shape index (κ3) is 7.59. The molecule has 1 aliphatic heterocycles. The maximum atomic E-state index is 12.5. The molecule has 1 aliphatic rings. The Morgan fingerprint density at radius 1 is 1.38 bits per heavy atom. The van der Waals surface area contributed by atoms with Crippen molar-refractivity contribution in [2.24, 2.45) is 27.8 Å². The Bertz CT molecular complexity index is 921. The van der Waals surface area contributed by atoms with Crippen LogP contribution in [0.1, 0.15) is 33.4 Å². The lowest BCUT2D eigenvalue weighted by atomic mass is 9.87. The van der Waals surface area contributed by atoms with E-state index >= 15 is 0 Å². The molecule has 5 atom stereocenters. The zero-order chi connectivity index (χ0) is 25.6. The standard InChI is InChI=1S/C20H33N7O7/c1-10-12(24-18(21)22)5-14(17(30)31)33-15(10)16(13(29)8-28)34-19(32)23-6-11-7-27(26-25-11)9-20(2,3)4/h5,7,10,12-13,15-16,28-29H,6,8-9H2,1-4H3,(H,23,32)(H,30,31)(H4,21,22,24)/t10-,12+,13-,15-,16-/m1/s1. The predicted molar refractivity (Wildman–Crippen MR) is 119 cm³/mol. The van der Waals surface area contributed by atoms with Gasteiger partial charge in [0.1, 0.15) is 17.9 Å². The molecule has 34 heavy (non-hydrogen) atoms. The van der Waals surface area contributed by atoms with Crippen LogP contribution in [0.15, 0.2) is 23.0 Å². The normalized spacial score (nSPS) is 22.1. The number of carbonyl (C=O) groups is 2. The first-order valence-electron chi connectivity index (χ1n) is 10.6. The van der Waals surface area contributed by atoms with Crippen molar-refractivity contribution in [2.45, 2.75) is 65.1 Å². The van der Waals surface area contributed by atoms with Crippen molar-refractivity contribution in [3.63, 3.8) is 0 Å². The van der Waals surface area contributed by atoms with Crippen LogP contribution < -0.4 is 16.8 Å². The number of aromatic nitrogens is 3. The molecule has 0 spiro atoms. The molecule has 8 N–H and O–H groups in total. The molecular formula is C20H33N7O7. The largest absolute Gasteiger partial charge is 0.479 e. The molecule has 14 nitrogen and oxygen atoms in total. The number of nitrogens with one attached hydrogen (secondary N) is 1. The molecule has 2 rings (SSSR count). The number of nitrogens with zero attached hydrogens (tertiary/aromatic N) is 4. The lowest BCUT2D eigenvalue weighted by Crippen LogP contribution is -2.52. The van der Waals surface area contributed by atoms with Gasteiger partial charge in [-0.1, -0.05) is 32.9 Å². The number of carboxylic acid groups (broad SMARTS) is 1. The maximum absolute atomic E-state index is 12.5. The average molecular weight is 484 g/mol. The SMILES string of the molecule is C[C@H]1[C@H]([C@H](OC(=O)NCc2cn(CC(C)(C)C)nn2)[C@H](O)CO)OC(C(=O)O)=C[C@@H]1N=C(N)N. The molecular weight excluding hydrogens is 450 g/mol. The number of carboxylic acids is 1. The van der Waals surface area contributed by atoms with E-state index in [1.807, 2.05) is 20.8 Å². The van der Waals surface area contributed by atoms with E-state index < -0.39 is 54.7 Å². The second kappa shape index (κ2) is 11.2. The van der Waals surface area contributed by atoms with Crippen LogP contribution in [0.3, 0.4) is 0 Å². The number of nitrogens with two attached hydrogens (primary N) is 2. The van der Waals surface area contributed by atoms with Crippen LogP contribution in [0.25, 0.3) is 0 Å². The summed E-state index contributed by atoms with van der Waals surface area (Å²) >= 11 is 0. The zero-order valence-electron chi connectivity index (χ0n) is 19.6. The van der Waals surface area contributed by atoms with Crippen LogP contribution in [0.4, 0.5) is 4.79 Å². The fourth-order valence-electron chi connectivity index (χ4n) is 3.39. The number of hydrogen-bond donors (Lipinski definition) is 6. The Hall–Kier alpha value is -3.39. The van der Waals surface area contributed by atoms with Crippen molar-refractivity contribution in [2.75, 3.05) is 6.61 Å². The second-order valence-corrected chi connectivity index (χ2v) is 9.26. The van der Waals surface area contributed by atoms with Crippen molar-refractivity contribution in [1.29, 1.82) is 0 Å². The Kier molecular flexibility index (Phi) is 8.81. The zero-order valence-corrected chi connectivity index (χ0v) is 19.6.